The number of amidine groups is 1. The van der Waals surface area contributed by atoms with Gasteiger partial charge in [0.1, 0.15) is 0 Å². The predicted molar refractivity (Wildman–Crippen MR) is 110 cm³/mol. The molecule has 0 bridgehead atoms. The molecular formula is C19H22N4O3S. The van der Waals surface area contributed by atoms with Crippen LogP contribution in [0.1, 0.15) is 13.3 Å². The molecule has 3 amide bonds. The third-order valence-corrected chi connectivity index (χ3v) is 4.77. The molecule has 3 N–H and O–H groups in total. The van der Waals surface area contributed by atoms with Crippen molar-refractivity contribution < 1.29 is 14.3 Å². The first kappa shape index (κ1) is 19.2. The fourth-order valence-electron chi connectivity index (χ4n) is 2.70. The summed E-state index contributed by atoms with van der Waals surface area (Å²) in [6.45, 7) is 3.61. The van der Waals surface area contributed by atoms with Crippen LogP contribution < -0.4 is 16.0 Å². The van der Waals surface area contributed by atoms with Crippen molar-refractivity contribution in [2.75, 3.05) is 30.8 Å². The number of thioether (sulfide) groups is 1. The molecule has 7 nitrogen and oxygen atoms in total. The van der Waals surface area contributed by atoms with Crippen LogP contribution in [0.15, 0.2) is 41.4 Å². The number of ether oxygens (including phenoxy) is 1. The van der Waals surface area contributed by atoms with Crippen molar-refractivity contribution in [3.8, 4) is 0 Å². The second-order valence-corrected chi connectivity index (χ2v) is 6.83. The summed E-state index contributed by atoms with van der Waals surface area (Å²) >= 11 is 1.26. The smallest absolute Gasteiger partial charge is 0.321 e. The zero-order chi connectivity index (χ0) is 19.1. The molecule has 142 valence electrons. The van der Waals surface area contributed by atoms with E-state index in [1.54, 1.807) is 0 Å². The lowest BCUT2D eigenvalue weighted by Crippen LogP contribution is -2.41. The highest BCUT2D eigenvalue weighted by molar-refractivity contribution is 8.14. The lowest BCUT2D eigenvalue weighted by Gasteiger charge is -2.18. The largest absolute Gasteiger partial charge is 0.382 e. The quantitative estimate of drug-likeness (QED) is 0.636. The van der Waals surface area contributed by atoms with Crippen LogP contribution in [0.5, 0.6) is 0 Å². The monoisotopic (exact) mass is 386 g/mol. The number of aliphatic imine (C=N–C) groups is 1. The number of anilines is 1. The highest BCUT2D eigenvalue weighted by Crippen LogP contribution is 2.36. The van der Waals surface area contributed by atoms with Crippen LogP contribution >= 0.6 is 11.8 Å². The highest BCUT2D eigenvalue weighted by atomic mass is 32.2. The maximum Gasteiger partial charge on any atom is 0.321 e. The molecule has 2 aromatic carbocycles. The van der Waals surface area contributed by atoms with Gasteiger partial charge in [-0.3, -0.25) is 10.1 Å². The minimum atomic E-state index is -0.495. The van der Waals surface area contributed by atoms with Crippen LogP contribution in [0.25, 0.3) is 10.8 Å². The van der Waals surface area contributed by atoms with E-state index in [1.165, 1.54) is 11.8 Å². The molecule has 0 saturated heterocycles. The Morgan fingerprint density at radius 3 is 2.85 bits per heavy atom. The van der Waals surface area contributed by atoms with Crippen LogP contribution in [-0.4, -0.2) is 42.6 Å². The average molecular weight is 386 g/mol. The molecular weight excluding hydrogens is 364 g/mol. The van der Waals surface area contributed by atoms with Crippen molar-refractivity contribution in [1.29, 1.82) is 0 Å². The number of rotatable bonds is 7. The van der Waals surface area contributed by atoms with Gasteiger partial charge in [-0.2, -0.15) is 0 Å². The number of hydrogen-bond acceptors (Lipinski definition) is 6. The Kier molecular flexibility index (Phi) is 6.67. The molecule has 8 heteroatoms. The van der Waals surface area contributed by atoms with Gasteiger partial charge in [-0.05, 0) is 30.9 Å². The Morgan fingerprint density at radius 1 is 1.22 bits per heavy atom. The van der Waals surface area contributed by atoms with E-state index in [2.05, 4.69) is 20.9 Å². The van der Waals surface area contributed by atoms with Gasteiger partial charge in [-0.1, -0.05) is 36.0 Å². The number of carbonyl (C=O) groups excluding carboxylic acids is 2. The predicted octanol–water partition coefficient (Wildman–Crippen LogP) is 3.24. The fraction of sp³-hybridized carbons (Fsp3) is 0.316. The zero-order valence-electron chi connectivity index (χ0n) is 15.1. The molecule has 0 spiro atoms. The lowest BCUT2D eigenvalue weighted by atomic mass is 10.1. The average Bonchev–Trinajstić information content (AvgIpc) is 2.67. The van der Waals surface area contributed by atoms with Crippen molar-refractivity contribution in [1.82, 2.24) is 10.6 Å². The highest BCUT2D eigenvalue weighted by Gasteiger charge is 2.16. The second-order valence-electron chi connectivity index (χ2n) is 5.87. The number of imide groups is 1. The standard InChI is InChI=1S/C19H22N4O3S/c1-2-26-11-5-10-20-18(25)23-16(24)12-27-19-21-14-8-3-6-13-7-4-9-15(22-19)17(13)14/h3-4,6-9H,2,5,10-12H2,1H3,(H,21,22)(H2,20,23,24,25). The molecule has 0 fully saturated rings. The topological polar surface area (TPSA) is 91.8 Å². The van der Waals surface area contributed by atoms with Gasteiger partial charge in [0.05, 0.1) is 17.1 Å². The molecule has 0 radical (unpaired) electrons. The van der Waals surface area contributed by atoms with Crippen molar-refractivity contribution >= 4 is 51.0 Å². The van der Waals surface area contributed by atoms with Crippen LogP contribution in [-0.2, 0) is 9.53 Å². The Bertz CT molecular complexity index is 864. The summed E-state index contributed by atoms with van der Waals surface area (Å²) in [4.78, 5) is 28.2. The summed E-state index contributed by atoms with van der Waals surface area (Å²) in [5, 5.41) is 11.0. The van der Waals surface area contributed by atoms with Crippen LogP contribution in [0.2, 0.25) is 0 Å². The van der Waals surface area contributed by atoms with Gasteiger partial charge in [0.2, 0.25) is 5.91 Å². The van der Waals surface area contributed by atoms with E-state index in [-0.39, 0.29) is 11.7 Å². The summed E-state index contributed by atoms with van der Waals surface area (Å²) in [6.07, 6.45) is 0.704. The normalized spacial score (nSPS) is 12.3. The second kappa shape index (κ2) is 9.38. The third-order valence-electron chi connectivity index (χ3n) is 3.89. The molecule has 0 saturated carbocycles. The first-order valence-electron chi connectivity index (χ1n) is 8.83. The zero-order valence-corrected chi connectivity index (χ0v) is 15.9. The van der Waals surface area contributed by atoms with Gasteiger partial charge in [0.25, 0.3) is 0 Å². The molecule has 2 aromatic rings. The Morgan fingerprint density at radius 2 is 2.04 bits per heavy atom. The van der Waals surface area contributed by atoms with E-state index in [4.69, 9.17) is 4.74 Å². The minimum Gasteiger partial charge on any atom is -0.382 e. The number of urea groups is 1. The van der Waals surface area contributed by atoms with Gasteiger partial charge in [-0.15, -0.1) is 0 Å². The maximum absolute atomic E-state index is 12.0. The van der Waals surface area contributed by atoms with Gasteiger partial charge >= 0.3 is 6.03 Å². The Hall–Kier alpha value is -2.58. The first-order valence-corrected chi connectivity index (χ1v) is 9.81. The summed E-state index contributed by atoms with van der Waals surface area (Å²) < 4.78 is 5.19. The third kappa shape index (κ3) is 5.21. The van der Waals surface area contributed by atoms with Gasteiger partial charge in [-0.25, -0.2) is 9.79 Å². The van der Waals surface area contributed by atoms with Crippen LogP contribution in [0, 0.1) is 0 Å². The SMILES string of the molecule is CCOCCCNC(=O)NC(=O)CSC1=Nc2cccc3cccc(c23)N1. The molecule has 1 aliphatic heterocycles. The van der Waals surface area contributed by atoms with E-state index < -0.39 is 6.03 Å². The summed E-state index contributed by atoms with van der Waals surface area (Å²) in [5.41, 5.74) is 1.84. The molecule has 0 aliphatic carbocycles. The Balaban J connectivity index is 1.48. The number of nitrogens with one attached hydrogen (secondary N) is 3. The van der Waals surface area contributed by atoms with E-state index in [0.29, 0.717) is 31.3 Å². The first-order chi connectivity index (χ1) is 13.2. The summed E-state index contributed by atoms with van der Waals surface area (Å²) in [6, 6.07) is 11.5. The van der Waals surface area contributed by atoms with E-state index in [9.17, 15) is 9.59 Å². The number of nitrogens with zero attached hydrogens (tertiary/aromatic N) is 1. The summed E-state index contributed by atoms with van der Waals surface area (Å²) in [7, 11) is 0. The molecule has 0 aromatic heterocycles. The Labute approximate surface area is 161 Å². The molecule has 0 atom stereocenters. The lowest BCUT2D eigenvalue weighted by molar-refractivity contribution is -0.117. The molecule has 1 aliphatic rings. The van der Waals surface area contributed by atoms with E-state index in [1.807, 2.05) is 43.3 Å². The molecule has 27 heavy (non-hydrogen) atoms. The number of carbonyl (C=O) groups is 2. The summed E-state index contributed by atoms with van der Waals surface area (Å²) in [5.74, 6) is -0.278. The van der Waals surface area contributed by atoms with Crippen LogP contribution in [0.4, 0.5) is 16.2 Å². The van der Waals surface area contributed by atoms with E-state index >= 15 is 0 Å². The maximum atomic E-state index is 12.0. The van der Waals surface area contributed by atoms with E-state index in [0.717, 1.165) is 22.1 Å². The molecule has 1 heterocycles. The van der Waals surface area contributed by atoms with Crippen molar-refractivity contribution in [2.24, 2.45) is 4.99 Å². The van der Waals surface area contributed by atoms with Crippen LogP contribution in [0.3, 0.4) is 0 Å². The van der Waals surface area contributed by atoms with Crippen molar-refractivity contribution in [2.45, 2.75) is 13.3 Å². The number of hydrogen-bond donors (Lipinski definition) is 3. The van der Waals surface area contributed by atoms with Gasteiger partial charge in [0.15, 0.2) is 5.17 Å². The van der Waals surface area contributed by atoms with Gasteiger partial charge in [0, 0.05) is 25.1 Å². The number of amides is 3. The number of benzene rings is 2. The minimum absolute atomic E-state index is 0.0936. The van der Waals surface area contributed by atoms with Crippen molar-refractivity contribution in [3.05, 3.63) is 36.4 Å². The van der Waals surface area contributed by atoms with Gasteiger partial charge < -0.3 is 15.4 Å². The molecule has 0 unspecified atom stereocenters. The fourth-order valence-corrected chi connectivity index (χ4v) is 3.39. The molecule has 3 rings (SSSR count). The van der Waals surface area contributed by atoms with Crippen molar-refractivity contribution in [3.63, 3.8) is 0 Å².